The first-order valence-corrected chi connectivity index (χ1v) is 14.5. The molecule has 0 aliphatic carbocycles. The molecule has 0 radical (unpaired) electrons. The van der Waals surface area contributed by atoms with Crippen LogP contribution in [-0.2, 0) is 26.3 Å². The maximum atomic E-state index is 13.6. The van der Waals surface area contributed by atoms with Crippen molar-refractivity contribution in [2.24, 2.45) is 0 Å². The number of likely N-dealkylation sites (tertiary alicyclic amines) is 1. The molecule has 1 saturated heterocycles. The Kier molecular flexibility index (Phi) is 8.63. The smallest absolute Gasteiger partial charge is 0.243 e. The standard InChI is InChI=1S/C23H34N4O4S2/c1-25(2)17-18-27(33(30,31)23-9-6-8-22(19-23)32(3,28)29)21-11-15-26(16-12-21)14-10-20-7-4-5-13-24-20/h4-9,13,19,21H,10-12,14-18H2,1-3H3. The van der Waals surface area contributed by atoms with E-state index >= 15 is 0 Å². The van der Waals surface area contributed by atoms with Gasteiger partial charge in [-0.05, 0) is 70.4 Å². The molecule has 1 aromatic carbocycles. The van der Waals surface area contributed by atoms with Crippen molar-refractivity contribution in [2.45, 2.75) is 35.1 Å². The molecule has 0 spiro atoms. The predicted molar refractivity (Wildman–Crippen MR) is 129 cm³/mol. The van der Waals surface area contributed by atoms with Gasteiger partial charge in [-0.1, -0.05) is 12.1 Å². The lowest BCUT2D eigenvalue weighted by Crippen LogP contribution is -2.49. The highest BCUT2D eigenvalue weighted by atomic mass is 32.2. The van der Waals surface area contributed by atoms with E-state index in [4.69, 9.17) is 0 Å². The Hall–Kier alpha value is -1.85. The molecule has 0 amide bonds. The Morgan fingerprint density at radius 1 is 0.970 bits per heavy atom. The van der Waals surface area contributed by atoms with Crippen LogP contribution in [0, 0.1) is 0 Å². The Morgan fingerprint density at radius 3 is 2.27 bits per heavy atom. The summed E-state index contributed by atoms with van der Waals surface area (Å²) in [5, 5.41) is 0. The van der Waals surface area contributed by atoms with Crippen LogP contribution in [0.1, 0.15) is 18.5 Å². The minimum absolute atomic E-state index is 0.0143. The highest BCUT2D eigenvalue weighted by Gasteiger charge is 2.34. The SMILES string of the molecule is CN(C)CCN(C1CCN(CCc2ccccn2)CC1)S(=O)(=O)c1cccc(S(C)(=O)=O)c1. The second-order valence-electron chi connectivity index (χ2n) is 8.81. The van der Waals surface area contributed by atoms with E-state index in [-0.39, 0.29) is 15.8 Å². The number of pyridine rings is 1. The van der Waals surface area contributed by atoms with Crippen LogP contribution < -0.4 is 0 Å². The zero-order valence-electron chi connectivity index (χ0n) is 19.6. The summed E-state index contributed by atoms with van der Waals surface area (Å²) in [6.07, 6.45) is 5.23. The van der Waals surface area contributed by atoms with Crippen LogP contribution in [0.5, 0.6) is 0 Å². The first-order chi connectivity index (χ1) is 15.6. The van der Waals surface area contributed by atoms with Gasteiger partial charge >= 0.3 is 0 Å². The van der Waals surface area contributed by atoms with Gasteiger partial charge in [-0.2, -0.15) is 4.31 Å². The summed E-state index contributed by atoms with van der Waals surface area (Å²) < 4.78 is 52.7. The summed E-state index contributed by atoms with van der Waals surface area (Å²) in [6, 6.07) is 11.5. The molecule has 182 valence electrons. The highest BCUT2D eigenvalue weighted by molar-refractivity contribution is 7.91. The molecule has 2 aromatic rings. The Bertz CT molecular complexity index is 1110. The Balaban J connectivity index is 1.73. The fraction of sp³-hybridized carbons (Fsp3) is 0.522. The van der Waals surface area contributed by atoms with Crippen LogP contribution in [-0.4, -0.2) is 95.0 Å². The number of benzene rings is 1. The van der Waals surface area contributed by atoms with Crippen LogP contribution >= 0.6 is 0 Å². The van der Waals surface area contributed by atoms with E-state index in [2.05, 4.69) is 9.88 Å². The van der Waals surface area contributed by atoms with Crippen molar-refractivity contribution in [1.29, 1.82) is 0 Å². The molecule has 10 heteroatoms. The predicted octanol–water partition coefficient (Wildman–Crippen LogP) is 1.74. The van der Waals surface area contributed by atoms with Gasteiger partial charge in [-0.3, -0.25) is 4.98 Å². The highest BCUT2D eigenvalue weighted by Crippen LogP contribution is 2.26. The lowest BCUT2D eigenvalue weighted by Gasteiger charge is -2.38. The topological polar surface area (TPSA) is 90.9 Å². The van der Waals surface area contributed by atoms with Gasteiger partial charge in [0.25, 0.3) is 0 Å². The Morgan fingerprint density at radius 2 is 1.67 bits per heavy atom. The minimum Gasteiger partial charge on any atom is -0.308 e. The van der Waals surface area contributed by atoms with Crippen LogP contribution in [0.25, 0.3) is 0 Å². The van der Waals surface area contributed by atoms with Gasteiger partial charge in [-0.25, -0.2) is 16.8 Å². The first kappa shape index (κ1) is 25.8. The van der Waals surface area contributed by atoms with Crippen molar-refractivity contribution < 1.29 is 16.8 Å². The number of hydrogen-bond acceptors (Lipinski definition) is 7. The van der Waals surface area contributed by atoms with Crippen LogP contribution in [0.3, 0.4) is 0 Å². The zero-order valence-corrected chi connectivity index (χ0v) is 21.2. The van der Waals surface area contributed by atoms with E-state index in [1.54, 1.807) is 10.5 Å². The van der Waals surface area contributed by atoms with Crippen molar-refractivity contribution in [3.05, 3.63) is 54.4 Å². The quantitative estimate of drug-likeness (QED) is 0.497. The van der Waals surface area contributed by atoms with Crippen LogP contribution in [0.4, 0.5) is 0 Å². The monoisotopic (exact) mass is 494 g/mol. The maximum absolute atomic E-state index is 13.6. The third-order valence-electron chi connectivity index (χ3n) is 5.98. The van der Waals surface area contributed by atoms with E-state index in [0.717, 1.165) is 50.8 Å². The molecule has 0 bridgehead atoms. The van der Waals surface area contributed by atoms with E-state index in [1.807, 2.05) is 37.2 Å². The van der Waals surface area contributed by atoms with Crippen molar-refractivity contribution in [3.8, 4) is 0 Å². The zero-order chi connectivity index (χ0) is 24.1. The molecule has 1 aliphatic rings. The van der Waals surface area contributed by atoms with Crippen molar-refractivity contribution in [2.75, 3.05) is 53.1 Å². The number of likely N-dealkylation sites (N-methyl/N-ethyl adjacent to an activating group) is 1. The molecule has 2 heterocycles. The molecule has 1 aromatic heterocycles. The van der Waals surface area contributed by atoms with Gasteiger partial charge in [0.15, 0.2) is 9.84 Å². The molecular formula is C23H34N4O4S2. The number of hydrogen-bond donors (Lipinski definition) is 0. The number of nitrogens with zero attached hydrogens (tertiary/aromatic N) is 4. The Labute approximate surface area is 198 Å². The van der Waals surface area contributed by atoms with Gasteiger partial charge < -0.3 is 9.80 Å². The minimum atomic E-state index is -3.84. The van der Waals surface area contributed by atoms with Crippen LogP contribution in [0.2, 0.25) is 0 Å². The summed E-state index contributed by atoms with van der Waals surface area (Å²) in [7, 11) is -3.52. The number of rotatable bonds is 10. The summed E-state index contributed by atoms with van der Waals surface area (Å²) in [5.74, 6) is 0. The average molecular weight is 495 g/mol. The van der Waals surface area contributed by atoms with Crippen molar-refractivity contribution in [1.82, 2.24) is 19.1 Å². The molecule has 8 nitrogen and oxygen atoms in total. The third kappa shape index (κ3) is 7.07. The fourth-order valence-electron chi connectivity index (χ4n) is 4.05. The largest absolute Gasteiger partial charge is 0.308 e. The summed E-state index contributed by atoms with van der Waals surface area (Å²) in [6.45, 7) is 3.47. The average Bonchev–Trinajstić information content (AvgIpc) is 2.78. The van der Waals surface area contributed by atoms with E-state index in [0.29, 0.717) is 13.1 Å². The van der Waals surface area contributed by atoms with Crippen molar-refractivity contribution in [3.63, 3.8) is 0 Å². The summed E-state index contributed by atoms with van der Waals surface area (Å²) >= 11 is 0. The van der Waals surface area contributed by atoms with Crippen molar-refractivity contribution >= 4 is 19.9 Å². The van der Waals surface area contributed by atoms with Gasteiger partial charge in [0, 0.05) is 50.2 Å². The first-order valence-electron chi connectivity index (χ1n) is 11.2. The van der Waals surface area contributed by atoms with Gasteiger partial charge in [0.1, 0.15) is 0 Å². The van der Waals surface area contributed by atoms with E-state index < -0.39 is 19.9 Å². The molecule has 0 unspecified atom stereocenters. The molecular weight excluding hydrogens is 460 g/mol. The molecule has 0 N–H and O–H groups in total. The van der Waals surface area contributed by atoms with Gasteiger partial charge in [0.2, 0.25) is 10.0 Å². The molecule has 1 fully saturated rings. The van der Waals surface area contributed by atoms with Gasteiger partial charge in [-0.15, -0.1) is 0 Å². The molecule has 0 atom stereocenters. The summed E-state index contributed by atoms with van der Waals surface area (Å²) in [4.78, 5) is 8.73. The van der Waals surface area contributed by atoms with Crippen LogP contribution in [0.15, 0.2) is 58.5 Å². The number of piperidine rings is 1. The molecule has 1 aliphatic heterocycles. The maximum Gasteiger partial charge on any atom is 0.243 e. The second kappa shape index (κ2) is 11.1. The lowest BCUT2D eigenvalue weighted by molar-refractivity contribution is 0.155. The second-order valence-corrected chi connectivity index (χ2v) is 12.7. The fourth-order valence-corrected chi connectivity index (χ4v) is 6.51. The normalized spacial score (nSPS) is 16.5. The van der Waals surface area contributed by atoms with E-state index in [1.165, 1.54) is 24.3 Å². The summed E-state index contributed by atoms with van der Waals surface area (Å²) in [5.41, 5.74) is 1.06. The lowest BCUT2D eigenvalue weighted by atomic mass is 10.0. The molecule has 3 rings (SSSR count). The van der Waals surface area contributed by atoms with Gasteiger partial charge in [0.05, 0.1) is 9.79 Å². The number of aromatic nitrogens is 1. The molecule has 33 heavy (non-hydrogen) atoms. The number of sulfonamides is 1. The molecule has 0 saturated carbocycles. The van der Waals surface area contributed by atoms with E-state index in [9.17, 15) is 16.8 Å². The number of sulfone groups is 1. The third-order valence-corrected chi connectivity index (χ3v) is 9.04.